The van der Waals surface area contributed by atoms with Crippen LogP contribution in [0.15, 0.2) is 72.8 Å². The van der Waals surface area contributed by atoms with Crippen LogP contribution < -0.4 is 0 Å². The van der Waals surface area contributed by atoms with Crippen molar-refractivity contribution in [3.63, 3.8) is 0 Å². The third-order valence-corrected chi connectivity index (χ3v) is 6.04. The normalized spacial score (nSPS) is 11.2. The van der Waals surface area contributed by atoms with Gasteiger partial charge in [0.25, 0.3) is 0 Å². The highest BCUT2D eigenvalue weighted by molar-refractivity contribution is 5.88. The first-order chi connectivity index (χ1) is 15.5. The van der Waals surface area contributed by atoms with Gasteiger partial charge in [0.15, 0.2) is 0 Å². The van der Waals surface area contributed by atoms with E-state index in [1.807, 2.05) is 24.3 Å². The predicted molar refractivity (Wildman–Crippen MR) is 126 cm³/mol. The highest BCUT2D eigenvalue weighted by atomic mass is 19.1. The molecule has 4 rings (SSSR count). The number of hydrogen-bond donors (Lipinski definition) is 0. The van der Waals surface area contributed by atoms with Gasteiger partial charge in [-0.25, -0.2) is 13.2 Å². The maximum Gasteiger partial charge on any atom is 0.134 e. The molecule has 0 bridgehead atoms. The SMILES string of the molecule is CCCCCc1ccc(-c2ccc3c(F)c(CCc4ccc(F)cc4)ccc3c2)c(F)c1. The van der Waals surface area contributed by atoms with E-state index in [0.717, 1.165) is 47.8 Å². The second-order valence-corrected chi connectivity index (χ2v) is 8.37. The summed E-state index contributed by atoms with van der Waals surface area (Å²) in [7, 11) is 0. The molecule has 0 aliphatic carbocycles. The lowest BCUT2D eigenvalue weighted by molar-refractivity contribution is 0.619. The molecule has 0 aromatic heterocycles. The number of unbranched alkanes of at least 4 members (excludes halogenated alkanes) is 2. The molecule has 0 N–H and O–H groups in total. The Hall–Kier alpha value is -3.07. The lowest BCUT2D eigenvalue weighted by atomic mass is 9.96. The molecule has 0 aliphatic rings. The average molecular weight is 433 g/mol. The zero-order valence-corrected chi connectivity index (χ0v) is 18.3. The predicted octanol–water partition coefficient (Wildman–Crippen LogP) is 8.44. The number of benzene rings is 4. The molecule has 0 atom stereocenters. The zero-order valence-electron chi connectivity index (χ0n) is 18.3. The monoisotopic (exact) mass is 432 g/mol. The van der Waals surface area contributed by atoms with E-state index in [1.165, 1.54) is 12.1 Å². The van der Waals surface area contributed by atoms with Crippen LogP contribution in [0.5, 0.6) is 0 Å². The van der Waals surface area contributed by atoms with Crippen LogP contribution in [-0.2, 0) is 19.3 Å². The number of fused-ring (bicyclic) bond motifs is 1. The van der Waals surface area contributed by atoms with Gasteiger partial charge in [0.1, 0.15) is 17.5 Å². The quantitative estimate of drug-likeness (QED) is 0.245. The lowest BCUT2D eigenvalue weighted by Crippen LogP contribution is -1.96. The van der Waals surface area contributed by atoms with Gasteiger partial charge in [-0.1, -0.05) is 68.3 Å². The van der Waals surface area contributed by atoms with Crippen LogP contribution in [0.1, 0.15) is 42.9 Å². The van der Waals surface area contributed by atoms with Crippen LogP contribution in [0.4, 0.5) is 13.2 Å². The van der Waals surface area contributed by atoms with Crippen LogP contribution >= 0.6 is 0 Å². The molecule has 0 amide bonds. The van der Waals surface area contributed by atoms with E-state index in [0.29, 0.717) is 29.4 Å². The molecule has 0 heterocycles. The van der Waals surface area contributed by atoms with Crippen molar-refractivity contribution in [2.24, 2.45) is 0 Å². The van der Waals surface area contributed by atoms with Crippen molar-refractivity contribution in [2.75, 3.05) is 0 Å². The third-order valence-electron chi connectivity index (χ3n) is 6.04. The minimum atomic E-state index is -0.274. The Bertz CT molecular complexity index is 1210. The average Bonchev–Trinajstić information content (AvgIpc) is 2.80. The van der Waals surface area contributed by atoms with Crippen LogP contribution in [0, 0.1) is 17.5 Å². The highest BCUT2D eigenvalue weighted by Gasteiger charge is 2.11. The Balaban J connectivity index is 1.54. The Morgan fingerprint density at radius 3 is 2.19 bits per heavy atom. The van der Waals surface area contributed by atoms with E-state index in [9.17, 15) is 8.78 Å². The van der Waals surface area contributed by atoms with Gasteiger partial charge in [-0.2, -0.15) is 0 Å². The number of rotatable bonds is 8. The van der Waals surface area contributed by atoms with Crippen LogP contribution in [0.3, 0.4) is 0 Å². The maximum absolute atomic E-state index is 15.1. The molecule has 0 radical (unpaired) electrons. The summed E-state index contributed by atoms with van der Waals surface area (Å²) in [6.07, 6.45) is 5.40. The summed E-state index contributed by atoms with van der Waals surface area (Å²) in [6.45, 7) is 2.15. The van der Waals surface area contributed by atoms with Gasteiger partial charge in [0.05, 0.1) is 0 Å². The summed E-state index contributed by atoms with van der Waals surface area (Å²) >= 11 is 0. The van der Waals surface area contributed by atoms with Gasteiger partial charge in [-0.15, -0.1) is 0 Å². The summed E-state index contributed by atoms with van der Waals surface area (Å²) in [5.41, 5.74) is 3.88. The molecule has 0 fully saturated rings. The number of halogens is 3. The fourth-order valence-electron chi connectivity index (χ4n) is 4.16. The minimum Gasteiger partial charge on any atom is -0.207 e. The molecule has 4 aromatic carbocycles. The number of hydrogen-bond acceptors (Lipinski definition) is 0. The standard InChI is InChI=1S/C29H27F3/c1-2-3-4-5-21-9-16-26(28(31)18-21)23-13-17-27-24(19-23)12-11-22(29(27)32)10-6-20-7-14-25(30)15-8-20/h7-9,11-19H,2-6,10H2,1H3. The van der Waals surface area contributed by atoms with Gasteiger partial charge >= 0.3 is 0 Å². The van der Waals surface area contributed by atoms with Crippen molar-refractivity contribution >= 4 is 10.8 Å². The summed E-state index contributed by atoms with van der Waals surface area (Å²) in [5.74, 6) is -0.762. The van der Waals surface area contributed by atoms with Crippen LogP contribution in [0.25, 0.3) is 21.9 Å². The van der Waals surface area contributed by atoms with E-state index in [-0.39, 0.29) is 17.5 Å². The van der Waals surface area contributed by atoms with E-state index < -0.39 is 0 Å². The van der Waals surface area contributed by atoms with Gasteiger partial charge in [-0.05, 0) is 77.6 Å². The van der Waals surface area contributed by atoms with E-state index >= 15 is 4.39 Å². The summed E-state index contributed by atoms with van der Waals surface area (Å²) in [5, 5.41) is 1.28. The maximum atomic E-state index is 15.1. The second-order valence-electron chi connectivity index (χ2n) is 8.37. The molecule has 0 aliphatic heterocycles. The third kappa shape index (κ3) is 5.04. The van der Waals surface area contributed by atoms with Crippen molar-refractivity contribution in [3.8, 4) is 11.1 Å². The molecule has 0 saturated heterocycles. The topological polar surface area (TPSA) is 0 Å². The van der Waals surface area contributed by atoms with Gasteiger partial charge in [-0.3, -0.25) is 0 Å². The van der Waals surface area contributed by atoms with Crippen molar-refractivity contribution in [2.45, 2.75) is 45.4 Å². The Morgan fingerprint density at radius 2 is 1.44 bits per heavy atom. The fourth-order valence-corrected chi connectivity index (χ4v) is 4.16. The summed E-state index contributed by atoms with van der Waals surface area (Å²) in [4.78, 5) is 0. The molecule has 3 heteroatoms. The van der Waals surface area contributed by atoms with E-state index in [1.54, 1.807) is 36.4 Å². The van der Waals surface area contributed by atoms with Crippen molar-refractivity contribution in [3.05, 3.63) is 107 Å². The smallest absolute Gasteiger partial charge is 0.134 e. The highest BCUT2D eigenvalue weighted by Crippen LogP contribution is 2.30. The van der Waals surface area contributed by atoms with Crippen LogP contribution in [0.2, 0.25) is 0 Å². The minimum absolute atomic E-state index is 0.241. The number of aryl methyl sites for hydroxylation is 3. The van der Waals surface area contributed by atoms with E-state index in [2.05, 4.69) is 6.92 Å². The molecule has 0 unspecified atom stereocenters. The van der Waals surface area contributed by atoms with Crippen molar-refractivity contribution in [1.82, 2.24) is 0 Å². The molecule has 164 valence electrons. The van der Waals surface area contributed by atoms with Crippen molar-refractivity contribution in [1.29, 1.82) is 0 Å². The lowest BCUT2D eigenvalue weighted by Gasteiger charge is -2.10. The summed E-state index contributed by atoms with van der Waals surface area (Å²) < 4.78 is 43.0. The Morgan fingerprint density at radius 1 is 0.656 bits per heavy atom. The fraction of sp³-hybridized carbons (Fsp3) is 0.241. The molecular formula is C29H27F3. The van der Waals surface area contributed by atoms with Gasteiger partial charge in [0.2, 0.25) is 0 Å². The van der Waals surface area contributed by atoms with Gasteiger partial charge < -0.3 is 0 Å². The first-order valence-corrected chi connectivity index (χ1v) is 11.3. The molecular weight excluding hydrogens is 405 g/mol. The molecule has 0 nitrogen and oxygen atoms in total. The Kier molecular flexibility index (Phi) is 6.94. The largest absolute Gasteiger partial charge is 0.207 e. The zero-order chi connectivity index (χ0) is 22.5. The molecule has 0 spiro atoms. The first kappa shape index (κ1) is 22.1. The summed E-state index contributed by atoms with van der Waals surface area (Å²) in [6, 6.07) is 20.8. The molecule has 4 aromatic rings. The first-order valence-electron chi connectivity index (χ1n) is 11.3. The van der Waals surface area contributed by atoms with Crippen LogP contribution in [-0.4, -0.2) is 0 Å². The Labute approximate surface area is 187 Å². The molecule has 0 saturated carbocycles. The van der Waals surface area contributed by atoms with Gasteiger partial charge in [0, 0.05) is 10.9 Å². The van der Waals surface area contributed by atoms with E-state index in [4.69, 9.17) is 0 Å². The van der Waals surface area contributed by atoms with Crippen molar-refractivity contribution < 1.29 is 13.2 Å². The molecule has 32 heavy (non-hydrogen) atoms. The second kappa shape index (κ2) is 10.0.